The van der Waals surface area contributed by atoms with Gasteiger partial charge in [0, 0.05) is 17.7 Å². The SMILES string of the molecule is C=C(CN1Cc2c(B3OC(C)(C)C(C)(C)O3)cccc2C1=O)C(N)=O. The summed E-state index contributed by atoms with van der Waals surface area (Å²) in [5.74, 6) is -0.745. The van der Waals surface area contributed by atoms with Gasteiger partial charge in [0.25, 0.3) is 5.91 Å². The molecule has 1 aromatic carbocycles. The molecule has 1 fully saturated rings. The molecule has 132 valence electrons. The summed E-state index contributed by atoms with van der Waals surface area (Å²) in [6.45, 7) is 12.1. The van der Waals surface area contributed by atoms with E-state index in [4.69, 9.17) is 15.0 Å². The van der Waals surface area contributed by atoms with Gasteiger partial charge in [0.2, 0.25) is 5.91 Å². The molecule has 1 saturated heterocycles. The molecule has 0 atom stereocenters. The van der Waals surface area contributed by atoms with Crippen molar-refractivity contribution < 1.29 is 18.9 Å². The Hall–Kier alpha value is -2.12. The first-order valence-electron chi connectivity index (χ1n) is 8.28. The van der Waals surface area contributed by atoms with Crippen molar-refractivity contribution in [2.45, 2.75) is 45.4 Å². The van der Waals surface area contributed by atoms with Gasteiger partial charge >= 0.3 is 7.12 Å². The van der Waals surface area contributed by atoms with Crippen molar-refractivity contribution in [1.29, 1.82) is 0 Å². The summed E-state index contributed by atoms with van der Waals surface area (Å²) in [5, 5.41) is 0. The summed E-state index contributed by atoms with van der Waals surface area (Å²) in [5.41, 5.74) is 6.84. The van der Waals surface area contributed by atoms with Gasteiger partial charge in [-0.3, -0.25) is 9.59 Å². The molecule has 2 N–H and O–H groups in total. The normalized spacial score (nSPS) is 20.7. The van der Waals surface area contributed by atoms with E-state index < -0.39 is 24.2 Å². The second-order valence-corrected chi connectivity index (χ2v) is 7.59. The topological polar surface area (TPSA) is 81.9 Å². The van der Waals surface area contributed by atoms with Crippen LogP contribution in [0, 0.1) is 0 Å². The number of carbonyl (C=O) groups excluding carboxylic acids is 2. The number of nitrogens with two attached hydrogens (primary N) is 1. The van der Waals surface area contributed by atoms with Crippen LogP contribution in [0.5, 0.6) is 0 Å². The zero-order chi connectivity index (χ0) is 18.6. The molecule has 0 radical (unpaired) electrons. The molecule has 6 nitrogen and oxygen atoms in total. The van der Waals surface area contributed by atoms with Gasteiger partial charge in [-0.25, -0.2) is 0 Å². The summed E-state index contributed by atoms with van der Waals surface area (Å²) >= 11 is 0. The molecule has 25 heavy (non-hydrogen) atoms. The zero-order valence-corrected chi connectivity index (χ0v) is 15.1. The average Bonchev–Trinajstić information content (AvgIpc) is 2.93. The molecule has 0 spiro atoms. The lowest BCUT2D eigenvalue weighted by Crippen LogP contribution is -2.41. The predicted octanol–water partition coefficient (Wildman–Crippen LogP) is 0.983. The van der Waals surface area contributed by atoms with Crippen LogP contribution < -0.4 is 11.2 Å². The van der Waals surface area contributed by atoms with E-state index in [9.17, 15) is 9.59 Å². The van der Waals surface area contributed by atoms with Gasteiger partial charge < -0.3 is 19.9 Å². The number of carbonyl (C=O) groups is 2. The lowest BCUT2D eigenvalue weighted by atomic mass is 9.75. The molecule has 1 aromatic rings. The number of rotatable bonds is 4. The minimum absolute atomic E-state index is 0.117. The molecule has 0 aromatic heterocycles. The standard InChI is InChI=1S/C18H23BN2O4/c1-11(15(20)22)9-21-10-13-12(16(21)23)7-6-8-14(13)19-24-17(2,3)18(4,5)25-19/h6-8H,1,9-10H2,2-5H3,(H2,20,22). The van der Waals surface area contributed by atoms with Crippen LogP contribution in [0.15, 0.2) is 30.4 Å². The van der Waals surface area contributed by atoms with Crippen LogP contribution >= 0.6 is 0 Å². The van der Waals surface area contributed by atoms with Crippen LogP contribution in [0.3, 0.4) is 0 Å². The third-order valence-corrected chi connectivity index (χ3v) is 5.32. The van der Waals surface area contributed by atoms with Gasteiger partial charge in [-0.05, 0) is 44.8 Å². The van der Waals surface area contributed by atoms with E-state index in [0.29, 0.717) is 12.1 Å². The van der Waals surface area contributed by atoms with Crippen molar-refractivity contribution >= 4 is 24.4 Å². The fourth-order valence-corrected chi connectivity index (χ4v) is 3.04. The van der Waals surface area contributed by atoms with E-state index in [-0.39, 0.29) is 18.0 Å². The van der Waals surface area contributed by atoms with Crippen LogP contribution in [-0.2, 0) is 20.6 Å². The monoisotopic (exact) mass is 342 g/mol. The Labute approximate surface area is 148 Å². The van der Waals surface area contributed by atoms with Crippen LogP contribution in [0.1, 0.15) is 43.6 Å². The van der Waals surface area contributed by atoms with E-state index in [2.05, 4.69) is 6.58 Å². The molecular formula is C18H23BN2O4. The molecule has 2 heterocycles. The average molecular weight is 342 g/mol. The highest BCUT2D eigenvalue weighted by atomic mass is 16.7. The number of hydrogen-bond acceptors (Lipinski definition) is 4. The molecule has 3 rings (SSSR count). The van der Waals surface area contributed by atoms with Gasteiger partial charge in [0.15, 0.2) is 0 Å². The Morgan fingerprint density at radius 3 is 2.44 bits per heavy atom. The van der Waals surface area contributed by atoms with Gasteiger partial charge in [0.1, 0.15) is 0 Å². The maximum Gasteiger partial charge on any atom is 0.495 e. The molecule has 0 bridgehead atoms. The Morgan fingerprint density at radius 2 is 1.88 bits per heavy atom. The number of amides is 2. The zero-order valence-electron chi connectivity index (χ0n) is 15.1. The first-order chi connectivity index (χ1) is 11.5. The number of nitrogens with zero attached hydrogens (tertiary/aromatic N) is 1. The summed E-state index contributed by atoms with van der Waals surface area (Å²) in [7, 11) is -0.535. The summed E-state index contributed by atoms with van der Waals surface area (Å²) in [6.07, 6.45) is 0. The second kappa shape index (κ2) is 5.71. The lowest BCUT2D eigenvalue weighted by molar-refractivity contribution is -0.114. The molecule has 0 saturated carbocycles. The number of hydrogen-bond donors (Lipinski definition) is 1. The predicted molar refractivity (Wildman–Crippen MR) is 95.2 cm³/mol. The highest BCUT2D eigenvalue weighted by molar-refractivity contribution is 6.62. The first-order valence-corrected chi connectivity index (χ1v) is 8.28. The van der Waals surface area contributed by atoms with Gasteiger partial charge in [0.05, 0.1) is 17.7 Å². The van der Waals surface area contributed by atoms with Crippen molar-refractivity contribution in [3.8, 4) is 0 Å². The fraction of sp³-hybridized carbons (Fsp3) is 0.444. The molecule has 2 aliphatic heterocycles. The molecule has 7 heteroatoms. The smallest absolute Gasteiger partial charge is 0.399 e. The van der Waals surface area contributed by atoms with Crippen molar-refractivity contribution in [3.05, 3.63) is 41.5 Å². The summed E-state index contributed by atoms with van der Waals surface area (Å²) < 4.78 is 12.2. The maximum atomic E-state index is 12.6. The Balaban J connectivity index is 1.90. The summed E-state index contributed by atoms with van der Waals surface area (Å²) in [6, 6.07) is 5.52. The van der Waals surface area contributed by atoms with Gasteiger partial charge in [-0.15, -0.1) is 0 Å². The number of fused-ring (bicyclic) bond motifs is 1. The van der Waals surface area contributed by atoms with E-state index in [1.165, 1.54) is 0 Å². The molecule has 0 aliphatic carbocycles. The van der Waals surface area contributed by atoms with Crippen molar-refractivity contribution in [2.75, 3.05) is 6.54 Å². The lowest BCUT2D eigenvalue weighted by Gasteiger charge is -2.32. The minimum atomic E-state index is -0.602. The van der Waals surface area contributed by atoms with Gasteiger partial charge in [-0.2, -0.15) is 0 Å². The van der Waals surface area contributed by atoms with E-state index in [1.807, 2.05) is 39.8 Å². The molecular weight excluding hydrogens is 319 g/mol. The minimum Gasteiger partial charge on any atom is -0.399 e. The van der Waals surface area contributed by atoms with E-state index in [1.54, 1.807) is 11.0 Å². The van der Waals surface area contributed by atoms with Crippen molar-refractivity contribution in [3.63, 3.8) is 0 Å². The van der Waals surface area contributed by atoms with E-state index >= 15 is 0 Å². The molecule has 0 unspecified atom stereocenters. The quantitative estimate of drug-likeness (QED) is 0.653. The highest BCUT2D eigenvalue weighted by Crippen LogP contribution is 2.37. The second-order valence-electron chi connectivity index (χ2n) is 7.59. The van der Waals surface area contributed by atoms with Crippen LogP contribution in [0.4, 0.5) is 0 Å². The van der Waals surface area contributed by atoms with Crippen molar-refractivity contribution in [2.24, 2.45) is 5.73 Å². The Morgan fingerprint density at radius 1 is 1.28 bits per heavy atom. The Kier molecular flexibility index (Phi) is 4.04. The van der Waals surface area contributed by atoms with Crippen LogP contribution in [0.25, 0.3) is 0 Å². The van der Waals surface area contributed by atoms with E-state index in [0.717, 1.165) is 11.0 Å². The Bertz CT molecular complexity index is 756. The van der Waals surface area contributed by atoms with Gasteiger partial charge in [-0.1, -0.05) is 18.7 Å². The van der Waals surface area contributed by atoms with Crippen LogP contribution in [0.2, 0.25) is 0 Å². The molecule has 2 aliphatic rings. The van der Waals surface area contributed by atoms with Crippen molar-refractivity contribution in [1.82, 2.24) is 4.90 Å². The maximum absolute atomic E-state index is 12.6. The third-order valence-electron chi connectivity index (χ3n) is 5.32. The molecule has 2 amide bonds. The first kappa shape index (κ1) is 17.7. The largest absolute Gasteiger partial charge is 0.495 e. The fourth-order valence-electron chi connectivity index (χ4n) is 3.04. The summed E-state index contributed by atoms with van der Waals surface area (Å²) in [4.78, 5) is 25.4. The number of benzene rings is 1. The number of primary amides is 1. The highest BCUT2D eigenvalue weighted by Gasteiger charge is 2.52. The third kappa shape index (κ3) is 2.87. The van der Waals surface area contributed by atoms with Crippen LogP contribution in [-0.4, -0.2) is 41.6 Å².